The van der Waals surface area contributed by atoms with E-state index < -0.39 is 29.2 Å². The van der Waals surface area contributed by atoms with Gasteiger partial charge in [0.2, 0.25) is 0 Å². The van der Waals surface area contributed by atoms with Gasteiger partial charge in [-0.3, -0.25) is 9.59 Å². The zero-order valence-electron chi connectivity index (χ0n) is 20.6. The summed E-state index contributed by atoms with van der Waals surface area (Å²) < 4.78 is 29.8. The maximum absolute atomic E-state index is 13.0. The fourth-order valence-electron chi connectivity index (χ4n) is 8.50. The number of carbonyl (C=O) groups excluding carboxylic acids is 3. The lowest BCUT2D eigenvalue weighted by atomic mass is 9.49. The maximum atomic E-state index is 13.0. The number of rotatable bonds is 5. The highest BCUT2D eigenvalue weighted by Crippen LogP contribution is 2.82. The first-order chi connectivity index (χ1) is 16.1. The standard InChI is InChI=1S/C26H34O8/c1-13(2)25-10-16(25)20-26(34-20)23(3)9-8-14-15(11-31-21(14)29)17(23)12-32-24(26,4)22(25)33-19(28)7-6-18(27)30-5/h13,16-17,20,22H,6-12H2,1-5H3/t16-,17-,20-,22-,23-,24+,25+,26+/m0/s1. The minimum atomic E-state index is -0.817. The Balaban J connectivity index is 1.37. The Hall–Kier alpha value is -1.93. The third kappa shape index (κ3) is 2.44. The molecule has 2 saturated carbocycles. The monoisotopic (exact) mass is 474 g/mol. The Morgan fingerprint density at radius 1 is 1.18 bits per heavy atom. The van der Waals surface area contributed by atoms with Crippen molar-refractivity contribution in [2.45, 2.75) is 83.2 Å². The van der Waals surface area contributed by atoms with Crippen molar-refractivity contribution in [2.24, 2.45) is 28.6 Å². The molecule has 0 amide bonds. The molecule has 0 N–H and O–H groups in total. The van der Waals surface area contributed by atoms with Crippen LogP contribution in [0.3, 0.4) is 0 Å². The third-order valence-electron chi connectivity index (χ3n) is 10.4. The smallest absolute Gasteiger partial charge is 0.334 e. The Labute approximate surface area is 199 Å². The van der Waals surface area contributed by atoms with Gasteiger partial charge in [0.1, 0.15) is 23.9 Å². The van der Waals surface area contributed by atoms with E-state index in [-0.39, 0.29) is 47.6 Å². The molecular formula is C26H34O8. The van der Waals surface area contributed by atoms with Gasteiger partial charge in [-0.15, -0.1) is 0 Å². The SMILES string of the molecule is COC(=O)CCC(=O)O[C@@H]1[C@@]2(C(C)C)C[C@H]2[C@@H]2O[C@@]23[C@@]2(C)CCC4=C(COC4=O)[C@@H]2CO[C@]13C. The fraction of sp³-hybridized carbons (Fsp3) is 0.808. The molecule has 0 aromatic carbocycles. The molecule has 3 aliphatic carbocycles. The summed E-state index contributed by atoms with van der Waals surface area (Å²) in [6.45, 7) is 9.47. The van der Waals surface area contributed by atoms with Crippen molar-refractivity contribution in [3.63, 3.8) is 0 Å². The number of carbonyl (C=O) groups is 3. The van der Waals surface area contributed by atoms with Gasteiger partial charge in [-0.2, -0.15) is 0 Å². The van der Waals surface area contributed by atoms with Crippen LogP contribution in [0, 0.1) is 28.6 Å². The Bertz CT molecular complexity index is 1020. The zero-order valence-corrected chi connectivity index (χ0v) is 20.6. The molecule has 6 aliphatic rings. The van der Waals surface area contributed by atoms with E-state index in [1.165, 1.54) is 7.11 Å². The van der Waals surface area contributed by atoms with Gasteiger partial charge in [-0.05, 0) is 43.6 Å². The van der Waals surface area contributed by atoms with Gasteiger partial charge >= 0.3 is 17.9 Å². The Morgan fingerprint density at radius 3 is 2.62 bits per heavy atom. The molecule has 0 unspecified atom stereocenters. The minimum absolute atomic E-state index is 0.00719. The average molecular weight is 475 g/mol. The molecule has 3 aliphatic heterocycles. The van der Waals surface area contributed by atoms with Gasteiger partial charge in [-0.1, -0.05) is 20.8 Å². The summed E-state index contributed by atoms with van der Waals surface area (Å²) in [6.07, 6.45) is 1.98. The summed E-state index contributed by atoms with van der Waals surface area (Å²) in [4.78, 5) is 36.8. The second-order valence-electron chi connectivity index (χ2n) is 11.8. The lowest BCUT2D eigenvalue weighted by Gasteiger charge is -2.61. The molecule has 0 aromatic rings. The van der Waals surface area contributed by atoms with Crippen molar-refractivity contribution >= 4 is 17.9 Å². The van der Waals surface area contributed by atoms with E-state index in [2.05, 4.69) is 27.7 Å². The predicted molar refractivity (Wildman–Crippen MR) is 117 cm³/mol. The lowest BCUT2D eigenvalue weighted by molar-refractivity contribution is -0.265. The van der Waals surface area contributed by atoms with Crippen LogP contribution in [0.1, 0.15) is 59.8 Å². The quantitative estimate of drug-likeness (QED) is 0.341. The van der Waals surface area contributed by atoms with Crippen molar-refractivity contribution in [3.05, 3.63) is 11.1 Å². The molecule has 3 heterocycles. The van der Waals surface area contributed by atoms with Gasteiger partial charge in [0, 0.05) is 22.3 Å². The molecule has 186 valence electrons. The van der Waals surface area contributed by atoms with Gasteiger partial charge < -0.3 is 23.7 Å². The second kappa shape index (κ2) is 6.84. The van der Waals surface area contributed by atoms with Crippen molar-refractivity contribution in [1.82, 2.24) is 0 Å². The van der Waals surface area contributed by atoms with E-state index in [9.17, 15) is 14.4 Å². The summed E-state index contributed by atoms with van der Waals surface area (Å²) in [5, 5.41) is 0. The molecule has 8 heteroatoms. The van der Waals surface area contributed by atoms with E-state index in [0.717, 1.165) is 24.0 Å². The van der Waals surface area contributed by atoms with Gasteiger partial charge in [0.05, 0.1) is 32.7 Å². The van der Waals surface area contributed by atoms with Gasteiger partial charge in [0.25, 0.3) is 0 Å². The normalized spacial score (nSPS) is 47.5. The molecule has 8 nitrogen and oxygen atoms in total. The highest BCUT2D eigenvalue weighted by Gasteiger charge is 2.92. The molecule has 2 saturated heterocycles. The largest absolute Gasteiger partial charge is 0.469 e. The summed E-state index contributed by atoms with van der Waals surface area (Å²) in [6, 6.07) is 0. The predicted octanol–water partition coefficient (Wildman–Crippen LogP) is 2.72. The van der Waals surface area contributed by atoms with Crippen molar-refractivity contribution in [3.8, 4) is 0 Å². The second-order valence-corrected chi connectivity index (χ2v) is 11.8. The number of fused-ring (bicyclic) bond motifs is 4. The zero-order chi connectivity index (χ0) is 24.3. The highest BCUT2D eigenvalue weighted by atomic mass is 16.7. The van der Waals surface area contributed by atoms with Crippen LogP contribution in [0.15, 0.2) is 11.1 Å². The average Bonchev–Trinajstić information content (AvgIpc) is 3.68. The van der Waals surface area contributed by atoms with E-state index in [1.807, 2.05) is 0 Å². The molecule has 8 atom stereocenters. The minimum Gasteiger partial charge on any atom is -0.469 e. The van der Waals surface area contributed by atoms with Crippen LogP contribution in [-0.4, -0.2) is 61.6 Å². The molecule has 0 bridgehead atoms. The number of ether oxygens (including phenoxy) is 5. The number of methoxy groups -OCH3 is 1. The number of hydrogen-bond acceptors (Lipinski definition) is 8. The molecule has 1 spiro atoms. The maximum Gasteiger partial charge on any atom is 0.334 e. The Kier molecular flexibility index (Phi) is 4.53. The van der Waals surface area contributed by atoms with E-state index >= 15 is 0 Å². The van der Waals surface area contributed by atoms with Crippen molar-refractivity contribution in [1.29, 1.82) is 0 Å². The van der Waals surface area contributed by atoms with Crippen molar-refractivity contribution < 1.29 is 38.1 Å². The topological polar surface area (TPSA) is 101 Å². The number of cyclic esters (lactones) is 1. The van der Waals surface area contributed by atoms with Crippen LogP contribution >= 0.6 is 0 Å². The van der Waals surface area contributed by atoms with E-state index in [4.69, 9.17) is 23.7 Å². The fourth-order valence-corrected chi connectivity index (χ4v) is 8.50. The first-order valence-corrected chi connectivity index (χ1v) is 12.5. The molecular weight excluding hydrogens is 440 g/mol. The van der Waals surface area contributed by atoms with Crippen LogP contribution in [0.5, 0.6) is 0 Å². The summed E-state index contributed by atoms with van der Waals surface area (Å²) >= 11 is 0. The third-order valence-corrected chi connectivity index (χ3v) is 10.4. The number of esters is 3. The molecule has 0 aromatic heterocycles. The lowest BCUT2D eigenvalue weighted by Crippen LogP contribution is -2.73. The summed E-state index contributed by atoms with van der Waals surface area (Å²) in [5.41, 5.74) is 0.0257. The summed E-state index contributed by atoms with van der Waals surface area (Å²) in [7, 11) is 1.31. The van der Waals surface area contributed by atoms with Crippen LogP contribution in [0.4, 0.5) is 0 Å². The molecule has 0 radical (unpaired) electrons. The molecule has 6 rings (SSSR count). The number of hydrogen-bond donors (Lipinski definition) is 0. The van der Waals surface area contributed by atoms with E-state index in [1.54, 1.807) is 0 Å². The van der Waals surface area contributed by atoms with Gasteiger partial charge in [0.15, 0.2) is 0 Å². The van der Waals surface area contributed by atoms with E-state index in [0.29, 0.717) is 25.6 Å². The first-order valence-electron chi connectivity index (χ1n) is 12.5. The summed E-state index contributed by atoms with van der Waals surface area (Å²) in [5.74, 6) is -0.406. The van der Waals surface area contributed by atoms with Crippen LogP contribution in [-0.2, 0) is 38.1 Å². The molecule has 34 heavy (non-hydrogen) atoms. The van der Waals surface area contributed by atoms with Crippen LogP contribution in [0.25, 0.3) is 0 Å². The molecule has 4 fully saturated rings. The van der Waals surface area contributed by atoms with Crippen LogP contribution < -0.4 is 0 Å². The highest BCUT2D eigenvalue weighted by molar-refractivity contribution is 5.92. The van der Waals surface area contributed by atoms with Crippen molar-refractivity contribution in [2.75, 3.05) is 20.3 Å². The Morgan fingerprint density at radius 2 is 1.91 bits per heavy atom. The first kappa shape index (κ1) is 22.5. The number of epoxide rings is 1. The van der Waals surface area contributed by atoms with Gasteiger partial charge in [-0.25, -0.2) is 4.79 Å². The van der Waals surface area contributed by atoms with Crippen LogP contribution in [0.2, 0.25) is 0 Å².